The largest absolute Gasteiger partial charge is 0.481 e. The molecule has 9 nitrogen and oxygen atoms in total. The van der Waals surface area contributed by atoms with E-state index in [1.54, 1.807) is 35.1 Å². The summed E-state index contributed by atoms with van der Waals surface area (Å²) in [6.45, 7) is 7.77. The highest BCUT2D eigenvalue weighted by Gasteiger charge is 2.26. The third-order valence-electron chi connectivity index (χ3n) is 7.43. The van der Waals surface area contributed by atoms with Crippen LogP contribution in [0.1, 0.15) is 53.0 Å². The van der Waals surface area contributed by atoms with E-state index in [2.05, 4.69) is 31.6 Å². The Bertz CT molecular complexity index is 1290. The van der Waals surface area contributed by atoms with Crippen molar-refractivity contribution in [1.29, 1.82) is 0 Å². The number of nitrogens with zero attached hydrogens (tertiary/aromatic N) is 6. The van der Waals surface area contributed by atoms with Crippen LogP contribution in [0.15, 0.2) is 23.8 Å². The summed E-state index contributed by atoms with van der Waals surface area (Å²) >= 11 is 9.42. The number of aromatic nitrogens is 3. The van der Waals surface area contributed by atoms with Crippen molar-refractivity contribution >= 4 is 51.8 Å². The number of likely N-dealkylation sites (tertiary alicyclic amines) is 1. The van der Waals surface area contributed by atoms with Crippen LogP contribution < -0.4 is 4.90 Å². The van der Waals surface area contributed by atoms with Crippen LogP contribution >= 0.6 is 34.3 Å². The van der Waals surface area contributed by atoms with Crippen molar-refractivity contribution in [3.63, 3.8) is 0 Å². The number of anilines is 1. The van der Waals surface area contributed by atoms with E-state index in [4.69, 9.17) is 21.7 Å². The lowest BCUT2D eigenvalue weighted by atomic mass is 10.1. The number of rotatable bonds is 11. The molecule has 5 rings (SSSR count). The molecule has 0 aliphatic carbocycles. The molecular formula is C27H33ClN6O3S2. The summed E-state index contributed by atoms with van der Waals surface area (Å²) in [5, 5.41) is 12.3. The molecular weight excluding hydrogens is 556 g/mol. The fourth-order valence-corrected chi connectivity index (χ4v) is 7.54. The Morgan fingerprint density at radius 3 is 2.64 bits per heavy atom. The lowest BCUT2D eigenvalue weighted by Gasteiger charge is -2.34. The van der Waals surface area contributed by atoms with Crippen LogP contribution in [-0.2, 0) is 17.8 Å². The molecule has 5 heterocycles. The van der Waals surface area contributed by atoms with Gasteiger partial charge in [0.05, 0.1) is 40.8 Å². The minimum Gasteiger partial charge on any atom is -0.481 e. The molecule has 2 fully saturated rings. The summed E-state index contributed by atoms with van der Waals surface area (Å²) in [4.78, 5) is 46.8. The normalized spacial score (nSPS) is 18.6. The minimum absolute atomic E-state index is 0.101. The highest BCUT2D eigenvalue weighted by Crippen LogP contribution is 2.36. The Morgan fingerprint density at radius 2 is 1.97 bits per heavy atom. The van der Waals surface area contributed by atoms with Crippen molar-refractivity contribution in [3.05, 3.63) is 44.4 Å². The van der Waals surface area contributed by atoms with Crippen LogP contribution in [0.4, 0.5) is 5.82 Å². The molecule has 12 heteroatoms. The van der Waals surface area contributed by atoms with Gasteiger partial charge in [0, 0.05) is 55.6 Å². The molecule has 2 aliphatic heterocycles. The predicted octanol–water partition coefficient (Wildman–Crippen LogP) is 4.71. The van der Waals surface area contributed by atoms with Gasteiger partial charge in [0.2, 0.25) is 0 Å². The molecule has 0 saturated carbocycles. The van der Waals surface area contributed by atoms with Gasteiger partial charge in [-0.2, -0.15) is 0 Å². The van der Waals surface area contributed by atoms with Gasteiger partial charge in [0.1, 0.15) is 16.5 Å². The number of hydrogen-bond acceptors (Lipinski definition) is 10. The van der Waals surface area contributed by atoms with Crippen molar-refractivity contribution in [2.75, 3.05) is 44.2 Å². The summed E-state index contributed by atoms with van der Waals surface area (Å²) in [5.74, 6) is -0.147. The molecule has 0 unspecified atom stereocenters. The van der Waals surface area contributed by atoms with Gasteiger partial charge in [-0.15, -0.1) is 22.7 Å². The Hall–Kier alpha value is -2.44. The van der Waals surface area contributed by atoms with E-state index >= 15 is 0 Å². The van der Waals surface area contributed by atoms with Crippen molar-refractivity contribution in [2.45, 2.75) is 51.6 Å². The Morgan fingerprint density at radius 1 is 1.15 bits per heavy atom. The predicted molar refractivity (Wildman–Crippen MR) is 155 cm³/mol. The van der Waals surface area contributed by atoms with Crippen molar-refractivity contribution < 1.29 is 14.7 Å². The second-order valence-corrected chi connectivity index (χ2v) is 12.5. The molecule has 1 atom stereocenters. The Balaban J connectivity index is 1.24. The molecule has 2 aliphatic rings. The quantitative estimate of drug-likeness (QED) is 0.319. The third-order valence-corrected chi connectivity index (χ3v) is 9.76. The molecule has 39 heavy (non-hydrogen) atoms. The van der Waals surface area contributed by atoms with E-state index in [-0.39, 0.29) is 18.6 Å². The number of aliphatic carboxylic acids is 1. The minimum atomic E-state index is -0.776. The number of thiophene rings is 1. The monoisotopic (exact) mass is 588 g/mol. The molecule has 3 aromatic heterocycles. The number of carbonyl (C=O) groups excluding carboxylic acids is 1. The summed E-state index contributed by atoms with van der Waals surface area (Å²) < 4.78 is 0. The van der Waals surface area contributed by atoms with E-state index in [1.165, 1.54) is 17.7 Å². The van der Waals surface area contributed by atoms with Gasteiger partial charge in [-0.1, -0.05) is 18.5 Å². The van der Waals surface area contributed by atoms with Crippen LogP contribution in [0, 0.1) is 0 Å². The summed E-state index contributed by atoms with van der Waals surface area (Å²) in [7, 11) is 0. The fourth-order valence-electron chi connectivity index (χ4n) is 5.27. The van der Waals surface area contributed by atoms with Gasteiger partial charge >= 0.3 is 5.97 Å². The number of carboxylic acids is 1. The first-order valence-corrected chi connectivity index (χ1v) is 15.5. The smallest absolute Gasteiger partial charge is 0.304 e. The lowest BCUT2D eigenvalue weighted by Crippen LogP contribution is -2.47. The van der Waals surface area contributed by atoms with Gasteiger partial charge in [0.25, 0.3) is 0 Å². The lowest BCUT2D eigenvalue weighted by molar-refractivity contribution is -0.137. The number of carbonyl (C=O) groups is 2. The van der Waals surface area contributed by atoms with Gasteiger partial charge in [0.15, 0.2) is 5.78 Å². The Kier molecular flexibility index (Phi) is 9.24. The first kappa shape index (κ1) is 28.1. The van der Waals surface area contributed by atoms with Crippen molar-refractivity contribution in [3.8, 4) is 10.6 Å². The number of piperazine rings is 1. The molecule has 0 amide bonds. The standard InChI is InChI=1S/C27H33ClN6O3S2/c1-2-19-4-3-6-34(19)16-23-27(22-12-18(28)17-38-22)31-25(39-23)13-21(35)20-14-30-24(15-29-20)33-10-8-32(9-11-33)7-5-26(36)37/h12,14-15,17,19H,2-11,13,16H2,1H3,(H,36,37)/t19-/m1/s1. The summed E-state index contributed by atoms with van der Waals surface area (Å²) in [6, 6.07) is 2.55. The topological polar surface area (TPSA) is 103 Å². The van der Waals surface area contributed by atoms with E-state index in [1.807, 2.05) is 11.4 Å². The number of carboxylic acid groups (broad SMARTS) is 1. The Labute approximate surface area is 241 Å². The fraction of sp³-hybridized carbons (Fsp3) is 0.519. The maximum Gasteiger partial charge on any atom is 0.304 e. The van der Waals surface area contributed by atoms with Crippen LogP contribution in [0.25, 0.3) is 10.6 Å². The molecule has 0 spiro atoms. The molecule has 2 saturated heterocycles. The van der Waals surface area contributed by atoms with Gasteiger partial charge in [-0.25, -0.2) is 15.0 Å². The van der Waals surface area contributed by atoms with E-state index in [0.29, 0.717) is 23.3 Å². The molecule has 0 bridgehead atoms. The molecule has 1 N–H and O–H groups in total. The summed E-state index contributed by atoms with van der Waals surface area (Å²) in [6.07, 6.45) is 7.14. The zero-order valence-electron chi connectivity index (χ0n) is 22.0. The highest BCUT2D eigenvalue weighted by molar-refractivity contribution is 7.15. The first-order valence-electron chi connectivity index (χ1n) is 13.4. The van der Waals surface area contributed by atoms with E-state index in [0.717, 1.165) is 67.1 Å². The molecule has 3 aromatic rings. The number of ketones is 1. The molecule has 208 valence electrons. The zero-order valence-corrected chi connectivity index (χ0v) is 24.4. The molecule has 0 radical (unpaired) electrons. The molecule has 0 aromatic carbocycles. The number of hydrogen-bond donors (Lipinski definition) is 1. The zero-order chi connectivity index (χ0) is 27.4. The van der Waals surface area contributed by atoms with Gasteiger partial charge in [-0.05, 0) is 31.9 Å². The third kappa shape index (κ3) is 7.01. The average Bonchev–Trinajstić information content (AvgIpc) is 3.68. The summed E-state index contributed by atoms with van der Waals surface area (Å²) in [5.41, 5.74) is 1.27. The van der Waals surface area contributed by atoms with Crippen LogP contribution in [0.2, 0.25) is 5.02 Å². The first-order chi connectivity index (χ1) is 18.9. The van der Waals surface area contributed by atoms with Crippen LogP contribution in [0.5, 0.6) is 0 Å². The average molecular weight is 589 g/mol. The van der Waals surface area contributed by atoms with Crippen molar-refractivity contribution in [2.24, 2.45) is 0 Å². The highest BCUT2D eigenvalue weighted by atomic mass is 35.5. The second kappa shape index (κ2) is 12.8. The van der Waals surface area contributed by atoms with E-state index < -0.39 is 5.97 Å². The number of Topliss-reactive ketones (excluding diaryl/α,β-unsaturated/α-hetero) is 1. The van der Waals surface area contributed by atoms with Crippen molar-refractivity contribution in [1.82, 2.24) is 24.8 Å². The SMILES string of the molecule is CC[C@@H]1CCCN1Cc1sc(CC(=O)c2cnc(N3CCN(CCC(=O)O)CC3)cn2)nc1-c1cc(Cl)cs1. The van der Waals surface area contributed by atoms with Gasteiger partial charge < -0.3 is 10.0 Å². The maximum atomic E-state index is 13.1. The van der Waals surface area contributed by atoms with Crippen LogP contribution in [-0.4, -0.2) is 86.9 Å². The van der Waals surface area contributed by atoms with Gasteiger partial charge in [-0.3, -0.25) is 19.4 Å². The maximum absolute atomic E-state index is 13.1. The van der Waals surface area contributed by atoms with Crippen LogP contribution in [0.3, 0.4) is 0 Å². The second-order valence-electron chi connectivity index (χ2n) is 10.0. The number of halogens is 1. The number of thiazole rings is 1. The van der Waals surface area contributed by atoms with E-state index in [9.17, 15) is 9.59 Å².